The van der Waals surface area contributed by atoms with Crippen molar-refractivity contribution < 1.29 is 33.3 Å². The largest absolute Gasteiger partial charge is 0.493 e. The number of carbonyl (C=O) groups excluding carboxylic acids is 3. The topological polar surface area (TPSA) is 88.1 Å². The Balaban J connectivity index is 1.86. The molecule has 0 N–H and O–H groups in total. The average molecular weight is 417 g/mol. The van der Waals surface area contributed by atoms with Crippen LogP contribution in [0.3, 0.4) is 0 Å². The van der Waals surface area contributed by atoms with E-state index in [1.807, 2.05) is 0 Å². The van der Waals surface area contributed by atoms with Gasteiger partial charge in [0.25, 0.3) is 5.79 Å². The number of esters is 3. The maximum Gasteiger partial charge on any atom is 0.348 e. The molecule has 0 aromatic heterocycles. The molecule has 0 amide bonds. The van der Waals surface area contributed by atoms with E-state index in [0.717, 1.165) is 0 Å². The summed E-state index contributed by atoms with van der Waals surface area (Å²) in [7, 11) is 1.39. The van der Waals surface area contributed by atoms with E-state index >= 15 is 0 Å². The minimum absolute atomic E-state index is 0.148. The molecule has 1 aliphatic rings. The van der Waals surface area contributed by atoms with Gasteiger partial charge in [-0.05, 0) is 35.9 Å². The maximum atomic E-state index is 12.4. The Morgan fingerprint density at radius 2 is 1.69 bits per heavy atom. The van der Waals surface area contributed by atoms with E-state index in [0.29, 0.717) is 5.56 Å². The molecule has 150 valence electrons. The van der Waals surface area contributed by atoms with Gasteiger partial charge in [0.05, 0.1) is 17.7 Å². The number of carbonyl (C=O) groups is 3. The van der Waals surface area contributed by atoms with Crippen molar-refractivity contribution in [3.63, 3.8) is 0 Å². The Kier molecular flexibility index (Phi) is 5.61. The molecule has 0 atom stereocenters. The van der Waals surface area contributed by atoms with E-state index < -0.39 is 23.7 Å². The molecule has 0 unspecified atom stereocenters. The summed E-state index contributed by atoms with van der Waals surface area (Å²) < 4.78 is 20.7. The number of hydrogen-bond donors (Lipinski definition) is 0. The fourth-order valence-electron chi connectivity index (χ4n) is 2.58. The molecule has 29 heavy (non-hydrogen) atoms. The predicted molar refractivity (Wildman–Crippen MR) is 104 cm³/mol. The van der Waals surface area contributed by atoms with Gasteiger partial charge in [0.15, 0.2) is 11.5 Å². The molecule has 0 radical (unpaired) electrons. The van der Waals surface area contributed by atoms with Gasteiger partial charge in [0.2, 0.25) is 0 Å². The van der Waals surface area contributed by atoms with Crippen LogP contribution < -0.4 is 9.47 Å². The second-order valence-electron chi connectivity index (χ2n) is 6.52. The minimum atomic E-state index is -1.32. The van der Waals surface area contributed by atoms with Crippen molar-refractivity contribution in [3.05, 3.63) is 64.2 Å². The normalized spacial score (nSPS) is 15.2. The zero-order chi connectivity index (χ0) is 21.2. The third kappa shape index (κ3) is 4.57. The lowest BCUT2D eigenvalue weighted by atomic mass is 10.1. The molecule has 1 saturated heterocycles. The molecule has 2 aromatic carbocycles. The van der Waals surface area contributed by atoms with E-state index in [1.54, 1.807) is 24.3 Å². The second kappa shape index (κ2) is 7.97. The van der Waals surface area contributed by atoms with Crippen LogP contribution in [0.2, 0.25) is 5.02 Å². The highest BCUT2D eigenvalue weighted by Crippen LogP contribution is 2.31. The summed E-state index contributed by atoms with van der Waals surface area (Å²) in [5.41, 5.74) is 0.396. The maximum absolute atomic E-state index is 12.4. The summed E-state index contributed by atoms with van der Waals surface area (Å²) in [6, 6.07) is 11.0. The zero-order valence-corrected chi connectivity index (χ0v) is 16.6. The first kappa shape index (κ1) is 20.4. The number of cyclic esters (lactones) is 2. The van der Waals surface area contributed by atoms with Gasteiger partial charge in [-0.1, -0.05) is 29.8 Å². The zero-order valence-electron chi connectivity index (χ0n) is 15.9. The molecule has 1 aliphatic heterocycles. The van der Waals surface area contributed by atoms with Gasteiger partial charge >= 0.3 is 17.9 Å². The van der Waals surface area contributed by atoms with Crippen LogP contribution in [-0.4, -0.2) is 30.8 Å². The molecule has 0 aliphatic carbocycles. The van der Waals surface area contributed by atoms with Gasteiger partial charge in [-0.15, -0.1) is 0 Å². The van der Waals surface area contributed by atoms with E-state index in [-0.39, 0.29) is 27.7 Å². The van der Waals surface area contributed by atoms with Crippen molar-refractivity contribution in [2.24, 2.45) is 0 Å². The monoisotopic (exact) mass is 416 g/mol. The van der Waals surface area contributed by atoms with Gasteiger partial charge in [-0.3, -0.25) is 0 Å². The summed E-state index contributed by atoms with van der Waals surface area (Å²) in [5, 5.41) is 0.259. The van der Waals surface area contributed by atoms with Crippen molar-refractivity contribution in [3.8, 4) is 11.5 Å². The van der Waals surface area contributed by atoms with Crippen molar-refractivity contribution in [2.75, 3.05) is 7.11 Å². The van der Waals surface area contributed by atoms with Crippen LogP contribution in [0.1, 0.15) is 29.8 Å². The first-order valence-electron chi connectivity index (χ1n) is 8.53. The van der Waals surface area contributed by atoms with Crippen molar-refractivity contribution in [2.45, 2.75) is 19.6 Å². The summed E-state index contributed by atoms with van der Waals surface area (Å²) >= 11 is 6.01. The van der Waals surface area contributed by atoms with E-state index in [2.05, 4.69) is 0 Å². The molecule has 1 fully saturated rings. The molecule has 7 nitrogen and oxygen atoms in total. The SMILES string of the molecule is COc1cc(C=C2C(=O)OC(C)(C)OC2=O)ccc1OC(=O)c1ccccc1Cl. The summed E-state index contributed by atoms with van der Waals surface area (Å²) in [6.45, 7) is 2.93. The van der Waals surface area contributed by atoms with E-state index in [9.17, 15) is 14.4 Å². The van der Waals surface area contributed by atoms with E-state index in [4.69, 9.17) is 30.5 Å². The standard InChI is InChI=1S/C21H17ClO7/c1-21(2)28-19(24)14(20(25)29-21)10-12-8-9-16(17(11-12)26-3)27-18(23)13-6-4-5-7-15(13)22/h4-11H,1-3H3. The number of rotatable bonds is 4. The van der Waals surface area contributed by atoms with Gasteiger partial charge in [0.1, 0.15) is 5.57 Å². The fourth-order valence-corrected chi connectivity index (χ4v) is 2.80. The number of hydrogen-bond acceptors (Lipinski definition) is 7. The Labute approximate surface area is 171 Å². The van der Waals surface area contributed by atoms with Gasteiger partial charge in [-0.2, -0.15) is 0 Å². The first-order valence-corrected chi connectivity index (χ1v) is 8.91. The van der Waals surface area contributed by atoms with Crippen LogP contribution in [0.5, 0.6) is 11.5 Å². The molecular weight excluding hydrogens is 400 g/mol. The van der Waals surface area contributed by atoms with Crippen LogP contribution in [0, 0.1) is 0 Å². The number of methoxy groups -OCH3 is 1. The summed E-state index contributed by atoms with van der Waals surface area (Å²) in [6.07, 6.45) is 1.31. The number of ether oxygens (including phenoxy) is 4. The quantitative estimate of drug-likeness (QED) is 0.324. The van der Waals surface area contributed by atoms with Gasteiger partial charge in [0, 0.05) is 13.8 Å². The molecular formula is C21H17ClO7. The molecule has 0 spiro atoms. The highest BCUT2D eigenvalue weighted by Gasteiger charge is 2.38. The number of halogens is 1. The predicted octanol–water partition coefficient (Wildman–Crippen LogP) is 3.79. The lowest BCUT2D eigenvalue weighted by molar-refractivity contribution is -0.222. The molecule has 3 rings (SSSR count). The molecule has 8 heteroatoms. The summed E-state index contributed by atoms with van der Waals surface area (Å²) in [4.78, 5) is 36.5. The lowest BCUT2D eigenvalue weighted by Gasteiger charge is -2.29. The highest BCUT2D eigenvalue weighted by molar-refractivity contribution is 6.33. The third-order valence-corrected chi connectivity index (χ3v) is 4.24. The Hall–Kier alpha value is -3.32. The van der Waals surface area contributed by atoms with Gasteiger partial charge in [-0.25, -0.2) is 14.4 Å². The van der Waals surface area contributed by atoms with Crippen LogP contribution in [0.4, 0.5) is 0 Å². The number of benzene rings is 2. The Morgan fingerprint density at radius 3 is 2.31 bits per heavy atom. The lowest BCUT2D eigenvalue weighted by Crippen LogP contribution is -2.41. The van der Waals surface area contributed by atoms with Crippen LogP contribution in [-0.2, 0) is 19.1 Å². The summed E-state index contributed by atoms with van der Waals surface area (Å²) in [5.74, 6) is -3.19. The minimum Gasteiger partial charge on any atom is -0.493 e. The van der Waals surface area contributed by atoms with Crippen LogP contribution in [0.15, 0.2) is 48.0 Å². The fraction of sp³-hybridized carbons (Fsp3) is 0.190. The van der Waals surface area contributed by atoms with E-state index in [1.165, 1.54) is 45.2 Å². The van der Waals surface area contributed by atoms with Crippen LogP contribution in [0.25, 0.3) is 6.08 Å². The molecule has 0 bridgehead atoms. The Bertz CT molecular complexity index is 1000. The van der Waals surface area contributed by atoms with Gasteiger partial charge < -0.3 is 18.9 Å². The molecule has 1 heterocycles. The third-order valence-electron chi connectivity index (χ3n) is 3.91. The highest BCUT2D eigenvalue weighted by atomic mass is 35.5. The average Bonchev–Trinajstić information content (AvgIpc) is 2.65. The molecule has 2 aromatic rings. The first-order chi connectivity index (χ1) is 13.7. The van der Waals surface area contributed by atoms with Crippen molar-refractivity contribution in [1.29, 1.82) is 0 Å². The van der Waals surface area contributed by atoms with Crippen LogP contribution >= 0.6 is 11.6 Å². The second-order valence-corrected chi connectivity index (χ2v) is 6.92. The van der Waals surface area contributed by atoms with Crippen molar-refractivity contribution in [1.82, 2.24) is 0 Å². The Morgan fingerprint density at radius 1 is 1.03 bits per heavy atom. The molecule has 0 saturated carbocycles. The smallest absolute Gasteiger partial charge is 0.348 e. The van der Waals surface area contributed by atoms with Crippen molar-refractivity contribution >= 4 is 35.6 Å².